The Balaban J connectivity index is 2.77. The third kappa shape index (κ3) is 1.90. The zero-order chi connectivity index (χ0) is 10.0. The smallest absolute Gasteiger partial charge is 0.316 e. The maximum absolute atomic E-state index is 11.4. The Morgan fingerprint density at radius 2 is 2.08 bits per heavy atom. The second-order valence-electron chi connectivity index (χ2n) is 3.84. The molecule has 3 atom stereocenters. The number of hydrogen-bond acceptors (Lipinski definition) is 3. The van der Waals surface area contributed by atoms with Crippen molar-refractivity contribution < 1.29 is 14.3 Å². The lowest BCUT2D eigenvalue weighted by Gasteiger charge is -2.30. The van der Waals surface area contributed by atoms with Crippen LogP contribution in [0.1, 0.15) is 26.7 Å². The van der Waals surface area contributed by atoms with Gasteiger partial charge in [0.15, 0.2) is 0 Å². The van der Waals surface area contributed by atoms with Crippen LogP contribution in [0.15, 0.2) is 0 Å². The second-order valence-corrected chi connectivity index (χ2v) is 3.84. The third-order valence-corrected chi connectivity index (χ3v) is 3.07. The van der Waals surface area contributed by atoms with Crippen molar-refractivity contribution >= 4 is 11.8 Å². The molecule has 0 saturated heterocycles. The standard InChI is InChI=1S/C10H16O3/c1-6-4-5-8(11)9(7(6)2)10(12)13-3/h6-7,9H,4-5H2,1-3H3. The minimum absolute atomic E-state index is 0.0393. The van der Waals surface area contributed by atoms with Crippen LogP contribution in [0, 0.1) is 17.8 Å². The minimum Gasteiger partial charge on any atom is -0.468 e. The number of hydrogen-bond donors (Lipinski definition) is 0. The molecule has 0 heterocycles. The normalized spacial score (nSPS) is 34.4. The average molecular weight is 184 g/mol. The molecule has 74 valence electrons. The first-order chi connectivity index (χ1) is 6.07. The molecular weight excluding hydrogens is 168 g/mol. The van der Waals surface area contributed by atoms with Crippen molar-refractivity contribution in [2.75, 3.05) is 7.11 Å². The summed E-state index contributed by atoms with van der Waals surface area (Å²) >= 11 is 0. The van der Waals surface area contributed by atoms with Crippen molar-refractivity contribution in [3.63, 3.8) is 0 Å². The lowest BCUT2D eigenvalue weighted by Crippen LogP contribution is -2.38. The van der Waals surface area contributed by atoms with Gasteiger partial charge < -0.3 is 4.74 Å². The molecule has 0 spiro atoms. The van der Waals surface area contributed by atoms with Crippen LogP contribution in [-0.2, 0) is 14.3 Å². The van der Waals surface area contributed by atoms with Gasteiger partial charge in [-0.25, -0.2) is 0 Å². The van der Waals surface area contributed by atoms with Gasteiger partial charge in [0.25, 0.3) is 0 Å². The molecule has 1 saturated carbocycles. The highest BCUT2D eigenvalue weighted by Gasteiger charge is 2.38. The van der Waals surface area contributed by atoms with Crippen molar-refractivity contribution in [3.8, 4) is 0 Å². The molecule has 0 aromatic heterocycles. The number of ether oxygens (including phenoxy) is 1. The van der Waals surface area contributed by atoms with Gasteiger partial charge in [0.1, 0.15) is 11.7 Å². The van der Waals surface area contributed by atoms with Gasteiger partial charge in [0.05, 0.1) is 7.11 Å². The minimum atomic E-state index is -0.520. The van der Waals surface area contributed by atoms with Crippen LogP contribution in [0.25, 0.3) is 0 Å². The fraction of sp³-hybridized carbons (Fsp3) is 0.800. The summed E-state index contributed by atoms with van der Waals surface area (Å²) in [7, 11) is 1.33. The third-order valence-electron chi connectivity index (χ3n) is 3.07. The summed E-state index contributed by atoms with van der Waals surface area (Å²) in [6.07, 6.45) is 1.42. The number of carbonyl (C=O) groups is 2. The van der Waals surface area contributed by atoms with Gasteiger partial charge >= 0.3 is 5.97 Å². The molecule has 13 heavy (non-hydrogen) atoms. The summed E-state index contributed by atoms with van der Waals surface area (Å²) in [6, 6.07) is 0. The van der Waals surface area contributed by atoms with Crippen LogP contribution in [0.2, 0.25) is 0 Å². The van der Waals surface area contributed by atoms with E-state index in [4.69, 9.17) is 0 Å². The first-order valence-corrected chi connectivity index (χ1v) is 4.68. The molecular formula is C10H16O3. The summed E-state index contributed by atoms with van der Waals surface area (Å²) in [5.41, 5.74) is 0. The van der Waals surface area contributed by atoms with E-state index in [0.717, 1.165) is 6.42 Å². The van der Waals surface area contributed by atoms with E-state index in [2.05, 4.69) is 11.7 Å². The molecule has 0 radical (unpaired) electrons. The predicted octanol–water partition coefficient (Wildman–Crippen LogP) is 1.41. The van der Waals surface area contributed by atoms with Crippen molar-refractivity contribution in [1.82, 2.24) is 0 Å². The Bertz CT molecular complexity index is 214. The Morgan fingerprint density at radius 3 is 2.62 bits per heavy atom. The van der Waals surface area contributed by atoms with Crippen LogP contribution in [0.5, 0.6) is 0 Å². The van der Waals surface area contributed by atoms with Crippen molar-refractivity contribution in [1.29, 1.82) is 0 Å². The molecule has 3 heteroatoms. The molecule has 0 amide bonds. The van der Waals surface area contributed by atoms with Gasteiger partial charge in [-0.3, -0.25) is 9.59 Å². The first kappa shape index (κ1) is 10.2. The summed E-state index contributed by atoms with van der Waals surface area (Å²) in [4.78, 5) is 22.7. The van der Waals surface area contributed by atoms with Crippen molar-refractivity contribution in [2.24, 2.45) is 17.8 Å². The molecule has 1 fully saturated rings. The fourth-order valence-corrected chi connectivity index (χ4v) is 1.88. The summed E-state index contributed by atoms with van der Waals surface area (Å²) in [5.74, 6) is -0.300. The quantitative estimate of drug-likeness (QED) is 0.457. The van der Waals surface area contributed by atoms with E-state index in [9.17, 15) is 9.59 Å². The molecule has 0 aliphatic heterocycles. The summed E-state index contributed by atoms with van der Waals surface area (Å²) < 4.78 is 4.62. The largest absolute Gasteiger partial charge is 0.468 e. The molecule has 0 aromatic carbocycles. The zero-order valence-corrected chi connectivity index (χ0v) is 8.37. The van der Waals surface area contributed by atoms with Gasteiger partial charge in [-0.2, -0.15) is 0 Å². The molecule has 1 aliphatic rings. The van der Waals surface area contributed by atoms with Crippen LogP contribution >= 0.6 is 0 Å². The van der Waals surface area contributed by atoms with E-state index >= 15 is 0 Å². The summed E-state index contributed by atoms with van der Waals surface area (Å²) in [5, 5.41) is 0. The van der Waals surface area contributed by atoms with E-state index in [-0.39, 0.29) is 17.7 Å². The van der Waals surface area contributed by atoms with E-state index in [1.54, 1.807) is 0 Å². The topological polar surface area (TPSA) is 43.4 Å². The van der Waals surface area contributed by atoms with Crippen LogP contribution in [0.3, 0.4) is 0 Å². The van der Waals surface area contributed by atoms with Crippen LogP contribution in [-0.4, -0.2) is 18.9 Å². The molecule has 0 N–H and O–H groups in total. The highest BCUT2D eigenvalue weighted by molar-refractivity contribution is 5.99. The number of ketones is 1. The molecule has 0 bridgehead atoms. The van der Waals surface area contributed by atoms with Gasteiger partial charge in [0.2, 0.25) is 0 Å². The first-order valence-electron chi connectivity index (χ1n) is 4.68. The molecule has 3 unspecified atom stereocenters. The van der Waals surface area contributed by atoms with Gasteiger partial charge in [-0.05, 0) is 18.3 Å². The van der Waals surface area contributed by atoms with E-state index < -0.39 is 5.92 Å². The Kier molecular flexibility index (Phi) is 3.07. The monoisotopic (exact) mass is 184 g/mol. The maximum atomic E-state index is 11.4. The lowest BCUT2D eigenvalue weighted by molar-refractivity contribution is -0.154. The fourth-order valence-electron chi connectivity index (χ4n) is 1.88. The number of esters is 1. The van der Waals surface area contributed by atoms with E-state index in [1.165, 1.54) is 7.11 Å². The highest BCUT2D eigenvalue weighted by atomic mass is 16.5. The van der Waals surface area contributed by atoms with Crippen molar-refractivity contribution in [2.45, 2.75) is 26.7 Å². The SMILES string of the molecule is COC(=O)C1C(=O)CCC(C)C1C. The molecule has 3 nitrogen and oxygen atoms in total. The van der Waals surface area contributed by atoms with Crippen LogP contribution < -0.4 is 0 Å². The molecule has 0 aromatic rings. The highest BCUT2D eigenvalue weighted by Crippen LogP contribution is 2.32. The van der Waals surface area contributed by atoms with Crippen molar-refractivity contribution in [3.05, 3.63) is 0 Å². The summed E-state index contributed by atoms with van der Waals surface area (Å²) in [6.45, 7) is 4.02. The lowest BCUT2D eigenvalue weighted by atomic mass is 9.73. The van der Waals surface area contributed by atoms with E-state index in [1.807, 2.05) is 6.92 Å². The second kappa shape index (κ2) is 3.90. The Labute approximate surface area is 78.5 Å². The number of Topliss-reactive ketones (excluding diaryl/α,β-unsaturated/α-hetero) is 1. The van der Waals surface area contributed by atoms with E-state index in [0.29, 0.717) is 12.3 Å². The maximum Gasteiger partial charge on any atom is 0.316 e. The zero-order valence-electron chi connectivity index (χ0n) is 8.37. The van der Waals surface area contributed by atoms with Crippen LogP contribution in [0.4, 0.5) is 0 Å². The predicted molar refractivity (Wildman–Crippen MR) is 48.1 cm³/mol. The number of methoxy groups -OCH3 is 1. The Morgan fingerprint density at radius 1 is 1.46 bits per heavy atom. The Hall–Kier alpha value is -0.860. The average Bonchev–Trinajstić information content (AvgIpc) is 2.12. The molecule has 1 rings (SSSR count). The number of carbonyl (C=O) groups excluding carboxylic acids is 2. The van der Waals surface area contributed by atoms with Gasteiger partial charge in [0, 0.05) is 6.42 Å². The number of rotatable bonds is 1. The van der Waals surface area contributed by atoms with Gasteiger partial charge in [-0.1, -0.05) is 13.8 Å². The molecule has 1 aliphatic carbocycles. The van der Waals surface area contributed by atoms with Gasteiger partial charge in [-0.15, -0.1) is 0 Å².